The summed E-state index contributed by atoms with van der Waals surface area (Å²) in [6.45, 7) is 3.17. The zero-order valence-corrected chi connectivity index (χ0v) is 9.96. The molecule has 2 N–H and O–H groups in total. The Labute approximate surface area is 96.0 Å². The van der Waals surface area contributed by atoms with E-state index < -0.39 is 0 Å². The molecule has 1 aromatic rings. The average Bonchev–Trinajstić information content (AvgIpc) is 2.48. The average molecular weight is 225 g/mol. The van der Waals surface area contributed by atoms with Crippen LogP contribution < -0.4 is 5.73 Å². The lowest BCUT2D eigenvalue weighted by Crippen LogP contribution is -2.30. The van der Waals surface area contributed by atoms with Crippen molar-refractivity contribution >= 4 is 11.6 Å². The highest BCUT2D eigenvalue weighted by Crippen LogP contribution is 2.32. The summed E-state index contributed by atoms with van der Waals surface area (Å²) < 4.78 is 0. The Balaban J connectivity index is 2.36. The molecule has 0 spiro atoms. The van der Waals surface area contributed by atoms with Gasteiger partial charge in [0.15, 0.2) is 0 Å². The first-order chi connectivity index (χ1) is 7.09. The van der Waals surface area contributed by atoms with Gasteiger partial charge in [-0.2, -0.15) is 0 Å². The number of hydrogen-bond donors (Lipinski definition) is 1. The van der Waals surface area contributed by atoms with Crippen LogP contribution in [0.3, 0.4) is 0 Å². The Morgan fingerprint density at radius 2 is 2.20 bits per heavy atom. The van der Waals surface area contributed by atoms with Crippen LogP contribution in [0.2, 0.25) is 5.02 Å². The van der Waals surface area contributed by atoms with Gasteiger partial charge in [-0.05, 0) is 43.7 Å². The van der Waals surface area contributed by atoms with Gasteiger partial charge in [0.2, 0.25) is 0 Å². The van der Waals surface area contributed by atoms with Gasteiger partial charge >= 0.3 is 0 Å². The molecule has 2 rings (SSSR count). The topological polar surface area (TPSA) is 29.3 Å². The van der Waals surface area contributed by atoms with Gasteiger partial charge in [0.05, 0.1) is 0 Å². The van der Waals surface area contributed by atoms with Crippen molar-refractivity contribution in [1.82, 2.24) is 4.90 Å². The van der Waals surface area contributed by atoms with Gasteiger partial charge < -0.3 is 5.73 Å². The van der Waals surface area contributed by atoms with Crippen LogP contribution in [0.15, 0.2) is 18.2 Å². The lowest BCUT2D eigenvalue weighted by Gasteiger charge is -2.24. The molecule has 0 amide bonds. The number of nitrogens with zero attached hydrogens (tertiary/aromatic N) is 1. The lowest BCUT2D eigenvalue weighted by molar-refractivity contribution is 0.303. The van der Waals surface area contributed by atoms with Crippen molar-refractivity contribution in [2.75, 3.05) is 13.6 Å². The Kier molecular flexibility index (Phi) is 3.01. The van der Waals surface area contributed by atoms with Crippen LogP contribution in [0.25, 0.3) is 0 Å². The molecule has 0 radical (unpaired) electrons. The standard InChI is InChI=1S/C12H17ClN2/c1-8-7-9(13)3-4-10(8)12-11(14)5-6-15(12)2/h3-4,7,11-12H,5-6,14H2,1-2H3. The first-order valence-corrected chi connectivity index (χ1v) is 5.69. The van der Waals surface area contributed by atoms with Crippen molar-refractivity contribution in [2.45, 2.75) is 25.4 Å². The van der Waals surface area contributed by atoms with Crippen LogP contribution in [-0.4, -0.2) is 24.5 Å². The molecule has 1 aliphatic rings. The summed E-state index contributed by atoms with van der Waals surface area (Å²) in [7, 11) is 2.13. The zero-order valence-electron chi connectivity index (χ0n) is 9.20. The molecule has 0 aromatic heterocycles. The molecule has 15 heavy (non-hydrogen) atoms. The highest BCUT2D eigenvalue weighted by Gasteiger charge is 2.30. The molecular weight excluding hydrogens is 208 g/mol. The smallest absolute Gasteiger partial charge is 0.0499 e. The minimum Gasteiger partial charge on any atom is -0.326 e. The van der Waals surface area contributed by atoms with Gasteiger partial charge in [0, 0.05) is 23.7 Å². The van der Waals surface area contributed by atoms with E-state index in [1.807, 2.05) is 12.1 Å². The van der Waals surface area contributed by atoms with E-state index in [9.17, 15) is 0 Å². The number of halogens is 1. The van der Waals surface area contributed by atoms with Crippen LogP contribution in [0.1, 0.15) is 23.6 Å². The van der Waals surface area contributed by atoms with Crippen molar-refractivity contribution in [3.8, 4) is 0 Å². The number of aryl methyl sites for hydroxylation is 1. The van der Waals surface area contributed by atoms with Crippen LogP contribution in [0.4, 0.5) is 0 Å². The number of likely N-dealkylation sites (N-methyl/N-ethyl adjacent to an activating group) is 1. The van der Waals surface area contributed by atoms with E-state index in [-0.39, 0.29) is 6.04 Å². The Morgan fingerprint density at radius 3 is 2.73 bits per heavy atom. The molecule has 0 saturated carbocycles. The first-order valence-electron chi connectivity index (χ1n) is 5.31. The SMILES string of the molecule is Cc1cc(Cl)ccc1C1C(N)CCN1C. The fraction of sp³-hybridized carbons (Fsp3) is 0.500. The molecule has 82 valence electrons. The maximum atomic E-state index is 6.13. The quantitative estimate of drug-likeness (QED) is 0.794. The van der Waals surface area contributed by atoms with Crippen molar-refractivity contribution in [3.05, 3.63) is 34.3 Å². The molecular formula is C12H17ClN2. The minimum absolute atomic E-state index is 0.245. The number of benzene rings is 1. The predicted octanol–water partition coefficient (Wildman–Crippen LogP) is 2.35. The van der Waals surface area contributed by atoms with Crippen molar-refractivity contribution in [2.24, 2.45) is 5.73 Å². The Hall–Kier alpha value is -0.570. The minimum atomic E-state index is 0.245. The largest absolute Gasteiger partial charge is 0.326 e. The van der Waals surface area contributed by atoms with Crippen molar-refractivity contribution < 1.29 is 0 Å². The van der Waals surface area contributed by atoms with E-state index >= 15 is 0 Å². The summed E-state index contributed by atoms with van der Waals surface area (Å²) in [6.07, 6.45) is 1.07. The van der Waals surface area contributed by atoms with E-state index in [1.165, 1.54) is 11.1 Å². The summed E-state index contributed by atoms with van der Waals surface area (Å²) in [5, 5.41) is 0.797. The van der Waals surface area contributed by atoms with E-state index in [1.54, 1.807) is 0 Å². The third-order valence-electron chi connectivity index (χ3n) is 3.25. The first kappa shape index (κ1) is 10.9. The molecule has 1 fully saturated rings. The number of nitrogens with two attached hydrogens (primary N) is 1. The maximum absolute atomic E-state index is 6.13. The molecule has 2 nitrogen and oxygen atoms in total. The van der Waals surface area contributed by atoms with Crippen LogP contribution in [0.5, 0.6) is 0 Å². The van der Waals surface area contributed by atoms with Gasteiger partial charge in [0.1, 0.15) is 0 Å². The molecule has 1 aromatic carbocycles. The van der Waals surface area contributed by atoms with Gasteiger partial charge in [-0.25, -0.2) is 0 Å². The molecule has 0 bridgehead atoms. The van der Waals surface area contributed by atoms with Crippen LogP contribution in [0, 0.1) is 6.92 Å². The maximum Gasteiger partial charge on any atom is 0.0499 e. The van der Waals surface area contributed by atoms with E-state index in [2.05, 4.69) is 24.9 Å². The van der Waals surface area contributed by atoms with E-state index in [4.69, 9.17) is 17.3 Å². The third kappa shape index (κ3) is 2.03. The Morgan fingerprint density at radius 1 is 1.47 bits per heavy atom. The second-order valence-corrected chi connectivity index (χ2v) is 4.82. The van der Waals surface area contributed by atoms with Gasteiger partial charge in [-0.15, -0.1) is 0 Å². The molecule has 0 aliphatic carbocycles. The normalized spacial score (nSPS) is 27.2. The van der Waals surface area contributed by atoms with Gasteiger partial charge in [0.25, 0.3) is 0 Å². The van der Waals surface area contributed by atoms with E-state index in [0.717, 1.165) is 18.0 Å². The third-order valence-corrected chi connectivity index (χ3v) is 3.48. The summed E-state index contributed by atoms with van der Waals surface area (Å²) >= 11 is 5.95. The lowest BCUT2D eigenvalue weighted by atomic mass is 9.97. The van der Waals surface area contributed by atoms with Gasteiger partial charge in [-0.3, -0.25) is 4.90 Å². The summed E-state index contributed by atoms with van der Waals surface area (Å²) in [5.41, 5.74) is 8.68. The molecule has 1 aliphatic heterocycles. The Bertz CT molecular complexity index is 355. The van der Waals surface area contributed by atoms with E-state index in [0.29, 0.717) is 6.04 Å². The summed E-state index contributed by atoms with van der Waals surface area (Å²) in [5.74, 6) is 0. The fourth-order valence-electron chi connectivity index (χ4n) is 2.42. The monoisotopic (exact) mass is 224 g/mol. The summed E-state index contributed by atoms with van der Waals surface area (Å²) in [4.78, 5) is 2.32. The molecule has 1 saturated heterocycles. The van der Waals surface area contributed by atoms with Crippen LogP contribution >= 0.6 is 11.6 Å². The molecule has 3 heteroatoms. The number of likely N-dealkylation sites (tertiary alicyclic amines) is 1. The van der Waals surface area contributed by atoms with Crippen molar-refractivity contribution in [3.63, 3.8) is 0 Å². The zero-order chi connectivity index (χ0) is 11.0. The number of rotatable bonds is 1. The number of hydrogen-bond acceptors (Lipinski definition) is 2. The fourth-order valence-corrected chi connectivity index (χ4v) is 2.64. The van der Waals surface area contributed by atoms with Crippen LogP contribution in [-0.2, 0) is 0 Å². The van der Waals surface area contributed by atoms with Gasteiger partial charge in [-0.1, -0.05) is 17.7 Å². The molecule has 2 atom stereocenters. The highest BCUT2D eigenvalue weighted by atomic mass is 35.5. The molecule has 1 heterocycles. The summed E-state index contributed by atoms with van der Waals surface area (Å²) in [6, 6.07) is 6.65. The molecule has 2 unspecified atom stereocenters. The predicted molar refractivity (Wildman–Crippen MR) is 64.2 cm³/mol. The second-order valence-electron chi connectivity index (χ2n) is 4.38. The second kappa shape index (κ2) is 4.12. The van der Waals surface area contributed by atoms with Crippen molar-refractivity contribution in [1.29, 1.82) is 0 Å². The highest BCUT2D eigenvalue weighted by molar-refractivity contribution is 6.30.